The average molecular weight is 362 g/mol. The Balaban J connectivity index is 2.57. The molecule has 0 amide bonds. The van der Waals surface area contributed by atoms with Crippen LogP contribution in [0.1, 0.15) is 25.0 Å². The van der Waals surface area contributed by atoms with E-state index < -0.39 is 11.7 Å². The van der Waals surface area contributed by atoms with Crippen molar-refractivity contribution in [1.29, 1.82) is 0 Å². The van der Waals surface area contributed by atoms with E-state index in [0.717, 1.165) is 17.7 Å². The fourth-order valence-electron chi connectivity index (χ4n) is 2.11. The van der Waals surface area contributed by atoms with E-state index in [4.69, 9.17) is 5.73 Å². The van der Waals surface area contributed by atoms with Crippen LogP contribution < -0.4 is 5.73 Å². The second-order valence-corrected chi connectivity index (χ2v) is 6.11. The number of nitrogen functional groups attached to an aromatic ring is 1. The Bertz CT molecular complexity index is 647. The van der Waals surface area contributed by atoms with E-state index in [1.54, 1.807) is 0 Å². The molecule has 0 bridgehead atoms. The molecule has 114 valence electrons. The molecule has 0 unspecified atom stereocenters. The highest BCUT2D eigenvalue weighted by atomic mass is 79.9. The topological polar surface area (TPSA) is 54.7 Å². The maximum Gasteiger partial charge on any atom is 0.416 e. The summed E-state index contributed by atoms with van der Waals surface area (Å²) in [6.45, 7) is 4.02. The van der Waals surface area contributed by atoms with E-state index in [2.05, 4.69) is 26.1 Å². The lowest BCUT2D eigenvalue weighted by molar-refractivity contribution is -0.137. The number of halogens is 4. The molecule has 0 aliphatic heterocycles. The van der Waals surface area contributed by atoms with Gasteiger partial charge >= 0.3 is 6.18 Å². The number of aromatic amines is 1. The van der Waals surface area contributed by atoms with Crippen molar-refractivity contribution in [3.63, 3.8) is 0 Å². The van der Waals surface area contributed by atoms with Gasteiger partial charge in [-0.15, -0.1) is 0 Å². The maximum absolute atomic E-state index is 12.9. The lowest BCUT2D eigenvalue weighted by Crippen LogP contribution is -2.05. The second-order valence-electron chi connectivity index (χ2n) is 5.25. The van der Waals surface area contributed by atoms with Crippen molar-refractivity contribution in [1.82, 2.24) is 10.2 Å². The minimum atomic E-state index is -4.39. The van der Waals surface area contributed by atoms with Gasteiger partial charge in [0.2, 0.25) is 0 Å². The molecule has 0 saturated heterocycles. The fourth-order valence-corrected chi connectivity index (χ4v) is 2.55. The summed E-state index contributed by atoms with van der Waals surface area (Å²) in [5.41, 5.74) is 6.79. The SMILES string of the molecule is CC(C)Cc1c(N)n[nH]c1-c1cc(C(F)(F)F)ccc1Br. The van der Waals surface area contributed by atoms with Crippen LogP contribution in [-0.4, -0.2) is 10.2 Å². The molecule has 3 nitrogen and oxygen atoms in total. The average Bonchev–Trinajstić information content (AvgIpc) is 2.70. The highest BCUT2D eigenvalue weighted by Gasteiger charge is 2.31. The normalized spacial score (nSPS) is 12.1. The molecule has 3 N–H and O–H groups in total. The maximum atomic E-state index is 12.9. The van der Waals surface area contributed by atoms with Gasteiger partial charge in [0.1, 0.15) is 5.82 Å². The minimum Gasteiger partial charge on any atom is -0.382 e. The molecule has 0 fully saturated rings. The third-order valence-corrected chi connectivity index (χ3v) is 3.77. The minimum absolute atomic E-state index is 0.313. The van der Waals surface area contributed by atoms with Crippen molar-refractivity contribution >= 4 is 21.7 Å². The van der Waals surface area contributed by atoms with E-state index in [9.17, 15) is 13.2 Å². The van der Waals surface area contributed by atoms with Crippen LogP contribution in [0.5, 0.6) is 0 Å². The first-order valence-corrected chi connectivity index (χ1v) is 7.19. The summed E-state index contributed by atoms with van der Waals surface area (Å²) in [6, 6.07) is 3.52. The van der Waals surface area contributed by atoms with Gasteiger partial charge in [-0.2, -0.15) is 18.3 Å². The highest BCUT2D eigenvalue weighted by molar-refractivity contribution is 9.10. The van der Waals surface area contributed by atoms with Gasteiger partial charge < -0.3 is 5.73 Å². The van der Waals surface area contributed by atoms with Gasteiger partial charge in [-0.1, -0.05) is 29.8 Å². The Hall–Kier alpha value is -1.50. The molecule has 1 aromatic heterocycles. The van der Waals surface area contributed by atoms with Crippen LogP contribution in [0.2, 0.25) is 0 Å². The number of rotatable bonds is 3. The fraction of sp³-hybridized carbons (Fsp3) is 0.357. The van der Waals surface area contributed by atoms with Crippen molar-refractivity contribution < 1.29 is 13.2 Å². The van der Waals surface area contributed by atoms with Crippen molar-refractivity contribution in [3.05, 3.63) is 33.8 Å². The zero-order valence-electron chi connectivity index (χ0n) is 11.6. The van der Waals surface area contributed by atoms with Gasteiger partial charge in [-0.3, -0.25) is 5.10 Å². The number of hydrogen-bond donors (Lipinski definition) is 2. The number of nitrogens with two attached hydrogens (primary N) is 1. The van der Waals surface area contributed by atoms with Crippen molar-refractivity contribution in [3.8, 4) is 11.3 Å². The number of nitrogens with zero attached hydrogens (tertiary/aromatic N) is 1. The summed E-state index contributed by atoms with van der Waals surface area (Å²) < 4.78 is 39.2. The Kier molecular flexibility index (Phi) is 4.32. The van der Waals surface area contributed by atoms with E-state index in [0.29, 0.717) is 33.9 Å². The number of hydrogen-bond acceptors (Lipinski definition) is 2. The van der Waals surface area contributed by atoms with Gasteiger partial charge in [-0.25, -0.2) is 0 Å². The Morgan fingerprint density at radius 3 is 2.57 bits per heavy atom. The third-order valence-electron chi connectivity index (χ3n) is 3.07. The zero-order valence-corrected chi connectivity index (χ0v) is 13.1. The van der Waals surface area contributed by atoms with Gasteiger partial charge in [0, 0.05) is 15.6 Å². The van der Waals surface area contributed by atoms with Crippen LogP contribution in [0.4, 0.5) is 19.0 Å². The molecule has 0 atom stereocenters. The van der Waals surface area contributed by atoms with Gasteiger partial charge in [-0.05, 0) is 30.5 Å². The number of benzene rings is 1. The molecule has 1 aromatic carbocycles. The zero-order chi connectivity index (χ0) is 15.8. The Labute approximate surface area is 128 Å². The number of nitrogens with one attached hydrogen (secondary N) is 1. The molecular formula is C14H15BrF3N3. The molecule has 0 spiro atoms. The summed E-state index contributed by atoms with van der Waals surface area (Å²) in [4.78, 5) is 0. The third kappa shape index (κ3) is 3.40. The lowest BCUT2D eigenvalue weighted by atomic mass is 9.98. The van der Waals surface area contributed by atoms with Crippen LogP contribution >= 0.6 is 15.9 Å². The van der Waals surface area contributed by atoms with Crippen molar-refractivity contribution in [2.75, 3.05) is 5.73 Å². The summed E-state index contributed by atoms with van der Waals surface area (Å²) in [5.74, 6) is 0.635. The molecule has 0 radical (unpaired) electrons. The smallest absolute Gasteiger partial charge is 0.382 e. The standard InChI is InChI=1S/C14H15BrF3N3/c1-7(2)5-10-12(20-21-13(10)19)9-6-8(14(16,17)18)3-4-11(9)15/h3-4,6-7H,5H2,1-2H3,(H3,19,20,21). The summed E-state index contributed by atoms with van der Waals surface area (Å²) >= 11 is 3.29. The molecule has 2 aromatic rings. The van der Waals surface area contributed by atoms with Gasteiger partial charge in [0.25, 0.3) is 0 Å². The van der Waals surface area contributed by atoms with Crippen molar-refractivity contribution in [2.24, 2.45) is 5.92 Å². The van der Waals surface area contributed by atoms with E-state index in [1.807, 2.05) is 13.8 Å². The highest BCUT2D eigenvalue weighted by Crippen LogP contribution is 2.37. The number of anilines is 1. The predicted molar refractivity (Wildman–Crippen MR) is 79.7 cm³/mol. The van der Waals surface area contributed by atoms with Crippen LogP contribution in [0.3, 0.4) is 0 Å². The molecule has 21 heavy (non-hydrogen) atoms. The largest absolute Gasteiger partial charge is 0.416 e. The second kappa shape index (κ2) is 5.71. The first-order chi connectivity index (χ1) is 9.70. The van der Waals surface area contributed by atoms with Crippen LogP contribution in [0.25, 0.3) is 11.3 Å². The Morgan fingerprint density at radius 2 is 2.00 bits per heavy atom. The van der Waals surface area contributed by atoms with Crippen molar-refractivity contribution in [2.45, 2.75) is 26.4 Å². The van der Waals surface area contributed by atoms with Crippen LogP contribution in [0.15, 0.2) is 22.7 Å². The first-order valence-electron chi connectivity index (χ1n) is 6.40. The molecule has 0 aliphatic rings. The number of alkyl halides is 3. The van der Waals surface area contributed by atoms with E-state index in [-0.39, 0.29) is 0 Å². The summed E-state index contributed by atoms with van der Waals surface area (Å²) in [7, 11) is 0. The van der Waals surface area contributed by atoms with Gasteiger partial charge in [0.15, 0.2) is 0 Å². The molecular weight excluding hydrogens is 347 g/mol. The number of H-pyrrole nitrogens is 1. The van der Waals surface area contributed by atoms with Gasteiger partial charge in [0.05, 0.1) is 11.3 Å². The quantitative estimate of drug-likeness (QED) is 0.836. The molecule has 7 heteroatoms. The predicted octanol–water partition coefficient (Wildman–Crippen LogP) is 4.64. The van der Waals surface area contributed by atoms with Crippen LogP contribution in [0, 0.1) is 5.92 Å². The first kappa shape index (κ1) is 15.9. The lowest BCUT2D eigenvalue weighted by Gasteiger charge is -2.12. The van der Waals surface area contributed by atoms with Crippen LogP contribution in [-0.2, 0) is 12.6 Å². The Morgan fingerprint density at radius 1 is 1.33 bits per heavy atom. The molecule has 0 saturated carbocycles. The molecule has 2 rings (SSSR count). The van der Waals surface area contributed by atoms with E-state index >= 15 is 0 Å². The number of aromatic nitrogens is 2. The molecule has 0 aliphatic carbocycles. The monoisotopic (exact) mass is 361 g/mol. The summed E-state index contributed by atoms with van der Waals surface area (Å²) in [6.07, 6.45) is -3.75. The molecule has 1 heterocycles. The van der Waals surface area contributed by atoms with E-state index in [1.165, 1.54) is 6.07 Å². The summed E-state index contributed by atoms with van der Waals surface area (Å²) in [5, 5.41) is 6.67.